The molecule has 0 saturated carbocycles. The number of thiophene rings is 1. The highest BCUT2D eigenvalue weighted by atomic mass is 35.5. The van der Waals surface area contributed by atoms with E-state index in [0.717, 1.165) is 33.6 Å². The van der Waals surface area contributed by atoms with Crippen LogP contribution in [0.25, 0.3) is 0 Å². The van der Waals surface area contributed by atoms with Crippen LogP contribution in [0.5, 0.6) is 5.75 Å². The van der Waals surface area contributed by atoms with Crippen molar-refractivity contribution < 1.29 is 4.74 Å². The van der Waals surface area contributed by atoms with Crippen LogP contribution in [-0.2, 0) is 0 Å². The van der Waals surface area contributed by atoms with Crippen molar-refractivity contribution in [3.8, 4) is 5.75 Å². The number of benzene rings is 1. The lowest BCUT2D eigenvalue weighted by atomic mass is 10.1. The summed E-state index contributed by atoms with van der Waals surface area (Å²) in [6, 6.07) is 11.8. The molecule has 3 N–H and O–H groups in total. The molecule has 0 amide bonds. The van der Waals surface area contributed by atoms with Gasteiger partial charge >= 0.3 is 0 Å². The first-order valence-corrected chi connectivity index (χ1v) is 7.38. The molecule has 0 fully saturated rings. The fourth-order valence-corrected chi connectivity index (χ4v) is 2.98. The molecule has 2 rings (SSSR count). The molecule has 0 bridgehead atoms. The van der Waals surface area contributed by atoms with Crippen LogP contribution in [0.2, 0.25) is 4.34 Å². The Morgan fingerprint density at radius 3 is 2.84 bits per heavy atom. The molecule has 102 valence electrons. The first-order valence-electron chi connectivity index (χ1n) is 6.18. The van der Waals surface area contributed by atoms with E-state index in [2.05, 4.69) is 12.3 Å². The summed E-state index contributed by atoms with van der Waals surface area (Å²) in [4.78, 5) is 1.08. The second-order valence-corrected chi connectivity index (χ2v) is 5.91. The van der Waals surface area contributed by atoms with Crippen LogP contribution >= 0.6 is 22.9 Å². The molecule has 0 aliphatic rings. The molecule has 1 aromatic carbocycles. The summed E-state index contributed by atoms with van der Waals surface area (Å²) in [7, 11) is 0. The van der Waals surface area contributed by atoms with Gasteiger partial charge in [-0.1, -0.05) is 30.7 Å². The summed E-state index contributed by atoms with van der Waals surface area (Å²) in [5, 5.41) is 0. The number of nitrogens with two attached hydrogens (primary N) is 1. The van der Waals surface area contributed by atoms with Gasteiger partial charge in [0, 0.05) is 4.88 Å². The van der Waals surface area contributed by atoms with Gasteiger partial charge in [0.05, 0.1) is 17.0 Å². The van der Waals surface area contributed by atoms with Gasteiger partial charge in [-0.3, -0.25) is 5.84 Å². The summed E-state index contributed by atoms with van der Waals surface area (Å²) in [6.07, 6.45) is 0.989. The van der Waals surface area contributed by atoms with Gasteiger partial charge in [0.25, 0.3) is 0 Å². The van der Waals surface area contributed by atoms with E-state index in [-0.39, 0.29) is 6.04 Å². The van der Waals surface area contributed by atoms with E-state index in [0.29, 0.717) is 0 Å². The molecule has 0 saturated heterocycles. The highest BCUT2D eigenvalue weighted by molar-refractivity contribution is 7.16. The molecule has 0 spiro atoms. The zero-order valence-electron chi connectivity index (χ0n) is 10.7. The smallest absolute Gasteiger partial charge is 0.119 e. The van der Waals surface area contributed by atoms with Crippen molar-refractivity contribution >= 4 is 22.9 Å². The van der Waals surface area contributed by atoms with Crippen LogP contribution in [0.1, 0.15) is 29.8 Å². The lowest BCUT2D eigenvalue weighted by molar-refractivity contribution is 0.317. The van der Waals surface area contributed by atoms with Crippen LogP contribution < -0.4 is 16.0 Å². The molecule has 5 heteroatoms. The van der Waals surface area contributed by atoms with E-state index in [1.165, 1.54) is 11.3 Å². The Bertz CT molecular complexity index is 530. The summed E-state index contributed by atoms with van der Waals surface area (Å²) in [5.41, 5.74) is 3.89. The van der Waals surface area contributed by atoms with Crippen LogP contribution in [0.15, 0.2) is 36.4 Å². The van der Waals surface area contributed by atoms with E-state index in [1.54, 1.807) is 0 Å². The Kier molecular flexibility index (Phi) is 5.22. The maximum Gasteiger partial charge on any atom is 0.119 e. The number of nitrogens with one attached hydrogen (secondary N) is 1. The van der Waals surface area contributed by atoms with Gasteiger partial charge < -0.3 is 4.74 Å². The SMILES string of the molecule is CCCOc1cccc(C(NN)c2ccc(Cl)s2)c1. The van der Waals surface area contributed by atoms with Gasteiger partial charge in [0.15, 0.2) is 0 Å². The standard InChI is InChI=1S/C14H17ClN2OS/c1-2-8-18-11-5-3-4-10(9-11)14(17-16)12-6-7-13(15)19-12/h3-7,9,14,17H,2,8,16H2,1H3. The minimum absolute atomic E-state index is 0.0670. The van der Waals surface area contributed by atoms with Gasteiger partial charge in [-0.2, -0.15) is 0 Å². The molecule has 2 aromatic rings. The van der Waals surface area contributed by atoms with Crippen LogP contribution in [0, 0.1) is 0 Å². The Morgan fingerprint density at radius 1 is 1.37 bits per heavy atom. The number of hydrogen-bond donors (Lipinski definition) is 2. The summed E-state index contributed by atoms with van der Waals surface area (Å²) in [5.74, 6) is 6.53. The minimum Gasteiger partial charge on any atom is -0.494 e. The number of hydrazine groups is 1. The monoisotopic (exact) mass is 296 g/mol. The summed E-state index contributed by atoms with van der Waals surface area (Å²) in [6.45, 7) is 2.80. The van der Waals surface area contributed by atoms with Crippen molar-refractivity contribution in [1.29, 1.82) is 0 Å². The molecular weight excluding hydrogens is 280 g/mol. The second kappa shape index (κ2) is 6.91. The van der Waals surface area contributed by atoms with E-state index in [9.17, 15) is 0 Å². The molecule has 1 atom stereocenters. The van der Waals surface area contributed by atoms with Gasteiger partial charge in [-0.05, 0) is 36.2 Å². The summed E-state index contributed by atoms with van der Waals surface area (Å²) < 4.78 is 6.40. The van der Waals surface area contributed by atoms with Crippen molar-refractivity contribution in [3.63, 3.8) is 0 Å². The third-order valence-electron chi connectivity index (χ3n) is 2.71. The molecular formula is C14H17ClN2OS. The van der Waals surface area contributed by atoms with Crippen LogP contribution in [0.3, 0.4) is 0 Å². The number of halogens is 1. The quantitative estimate of drug-likeness (QED) is 0.630. The van der Waals surface area contributed by atoms with E-state index in [1.807, 2.05) is 36.4 Å². The Morgan fingerprint density at radius 2 is 2.21 bits per heavy atom. The first kappa shape index (κ1) is 14.3. The fraction of sp³-hybridized carbons (Fsp3) is 0.286. The molecule has 1 heterocycles. The molecule has 0 aliphatic carbocycles. The van der Waals surface area contributed by atoms with E-state index in [4.69, 9.17) is 22.2 Å². The van der Waals surface area contributed by atoms with Gasteiger partial charge in [0.1, 0.15) is 5.75 Å². The van der Waals surface area contributed by atoms with Crippen molar-refractivity contribution in [2.75, 3.05) is 6.61 Å². The molecule has 19 heavy (non-hydrogen) atoms. The number of ether oxygens (including phenoxy) is 1. The Hall–Kier alpha value is -1.07. The number of hydrogen-bond acceptors (Lipinski definition) is 4. The van der Waals surface area contributed by atoms with Crippen molar-refractivity contribution in [2.24, 2.45) is 5.84 Å². The molecule has 1 unspecified atom stereocenters. The fourth-order valence-electron chi connectivity index (χ4n) is 1.83. The highest BCUT2D eigenvalue weighted by Gasteiger charge is 2.15. The Balaban J connectivity index is 2.23. The lowest BCUT2D eigenvalue weighted by Crippen LogP contribution is -2.28. The van der Waals surface area contributed by atoms with Crippen molar-refractivity contribution in [1.82, 2.24) is 5.43 Å². The van der Waals surface area contributed by atoms with Gasteiger partial charge in [-0.25, -0.2) is 5.43 Å². The zero-order valence-corrected chi connectivity index (χ0v) is 12.3. The van der Waals surface area contributed by atoms with Crippen LogP contribution in [-0.4, -0.2) is 6.61 Å². The van der Waals surface area contributed by atoms with Crippen molar-refractivity contribution in [2.45, 2.75) is 19.4 Å². The minimum atomic E-state index is -0.0670. The summed E-state index contributed by atoms with van der Waals surface area (Å²) >= 11 is 7.50. The van der Waals surface area contributed by atoms with Crippen LogP contribution in [0.4, 0.5) is 0 Å². The third-order valence-corrected chi connectivity index (χ3v) is 4.01. The maximum atomic E-state index is 5.97. The predicted octanol–water partition coefficient (Wildman–Crippen LogP) is 3.74. The largest absolute Gasteiger partial charge is 0.494 e. The average Bonchev–Trinajstić information content (AvgIpc) is 2.84. The number of rotatable bonds is 6. The van der Waals surface area contributed by atoms with Gasteiger partial charge in [0.2, 0.25) is 0 Å². The first-order chi connectivity index (χ1) is 9.24. The second-order valence-electron chi connectivity index (χ2n) is 4.16. The molecule has 1 aromatic heterocycles. The topological polar surface area (TPSA) is 47.3 Å². The average molecular weight is 297 g/mol. The van der Waals surface area contributed by atoms with Crippen molar-refractivity contribution in [3.05, 3.63) is 51.2 Å². The highest BCUT2D eigenvalue weighted by Crippen LogP contribution is 2.31. The normalized spacial score (nSPS) is 12.4. The molecule has 0 radical (unpaired) electrons. The molecule has 3 nitrogen and oxygen atoms in total. The van der Waals surface area contributed by atoms with E-state index < -0.39 is 0 Å². The lowest BCUT2D eigenvalue weighted by Gasteiger charge is -2.16. The molecule has 0 aliphatic heterocycles. The Labute approximate surface area is 122 Å². The van der Waals surface area contributed by atoms with Gasteiger partial charge in [-0.15, -0.1) is 11.3 Å². The maximum absolute atomic E-state index is 5.97. The third kappa shape index (κ3) is 3.70. The predicted molar refractivity (Wildman–Crippen MR) is 80.7 cm³/mol. The zero-order chi connectivity index (χ0) is 13.7. The van der Waals surface area contributed by atoms with E-state index >= 15 is 0 Å².